The average Bonchev–Trinajstić information content (AvgIpc) is 2.73. The Morgan fingerprint density at radius 3 is 2.18 bits per heavy atom. The van der Waals surface area contributed by atoms with Gasteiger partial charge in [-0.3, -0.25) is 4.79 Å². The Labute approximate surface area is 119 Å². The molecule has 1 aromatic carbocycles. The number of carbonyl (C=O) groups excluding carboxylic acids is 1. The molecular formula is C11H8Cl4O2. The zero-order valence-electron chi connectivity index (χ0n) is 8.77. The maximum atomic E-state index is 11.9. The number of para-hydroxylation sites is 1. The Kier molecular flexibility index (Phi) is 3.28. The third kappa shape index (κ3) is 2.24. The molecule has 92 valence electrons. The molecule has 2 nitrogen and oxygen atoms in total. The summed E-state index contributed by atoms with van der Waals surface area (Å²) in [4.78, 5) is 11.9. The number of ether oxygens (including phenoxy) is 1. The largest absolute Gasteiger partial charge is 0.423 e. The lowest BCUT2D eigenvalue weighted by Crippen LogP contribution is -2.24. The summed E-state index contributed by atoms with van der Waals surface area (Å²) < 4.78 is 4.10. The van der Waals surface area contributed by atoms with E-state index in [9.17, 15) is 4.79 Å². The van der Waals surface area contributed by atoms with Gasteiger partial charge in [0.2, 0.25) is 0 Å². The smallest absolute Gasteiger partial charge is 0.320 e. The third-order valence-corrected chi connectivity index (χ3v) is 4.52. The van der Waals surface area contributed by atoms with Crippen LogP contribution in [0.5, 0.6) is 5.75 Å². The summed E-state index contributed by atoms with van der Waals surface area (Å²) in [6, 6.07) is 4.83. The Bertz CT molecular complexity index is 466. The summed E-state index contributed by atoms with van der Waals surface area (Å²) in [6.07, 6.45) is 0.351. The summed E-state index contributed by atoms with van der Waals surface area (Å²) >= 11 is 23.6. The summed E-state index contributed by atoms with van der Waals surface area (Å²) in [7, 11) is 0. The number of carbonyl (C=O) groups is 1. The minimum Gasteiger partial charge on any atom is -0.423 e. The summed E-state index contributed by atoms with van der Waals surface area (Å²) in [6.45, 7) is 1.64. The molecule has 0 amide bonds. The second-order valence-electron chi connectivity index (χ2n) is 4.15. The molecule has 6 heteroatoms. The van der Waals surface area contributed by atoms with Crippen LogP contribution in [0, 0.1) is 5.41 Å². The van der Waals surface area contributed by atoms with Gasteiger partial charge in [0.15, 0.2) is 5.75 Å². The Balaban J connectivity index is 2.21. The van der Waals surface area contributed by atoms with Crippen LogP contribution in [0.2, 0.25) is 10.0 Å². The van der Waals surface area contributed by atoms with Crippen LogP contribution < -0.4 is 4.74 Å². The number of hydrogen-bond donors (Lipinski definition) is 0. The van der Waals surface area contributed by atoms with E-state index in [0.717, 1.165) is 0 Å². The fourth-order valence-electron chi connectivity index (χ4n) is 1.41. The predicted octanol–water partition coefficient (Wildman–Crippen LogP) is 4.48. The Hall–Kier alpha value is -0.150. The molecule has 0 spiro atoms. The fraction of sp³-hybridized carbons (Fsp3) is 0.364. The monoisotopic (exact) mass is 312 g/mol. The topological polar surface area (TPSA) is 26.3 Å². The second-order valence-corrected chi connectivity index (χ2v) is 6.45. The lowest BCUT2D eigenvalue weighted by atomic mass is 10.1. The number of benzene rings is 1. The van der Waals surface area contributed by atoms with E-state index < -0.39 is 15.7 Å². The third-order valence-electron chi connectivity index (χ3n) is 2.82. The molecule has 1 unspecified atom stereocenters. The quantitative estimate of drug-likeness (QED) is 0.457. The highest BCUT2D eigenvalue weighted by atomic mass is 35.5. The van der Waals surface area contributed by atoms with E-state index in [2.05, 4.69) is 0 Å². The Morgan fingerprint density at radius 2 is 1.76 bits per heavy atom. The molecule has 0 N–H and O–H groups in total. The van der Waals surface area contributed by atoms with Gasteiger partial charge >= 0.3 is 5.97 Å². The molecular weight excluding hydrogens is 306 g/mol. The molecule has 0 aliphatic heterocycles. The molecule has 1 fully saturated rings. The fourth-order valence-corrected chi connectivity index (χ4v) is 2.57. The second kappa shape index (κ2) is 4.20. The molecule has 0 bridgehead atoms. The number of esters is 1. The first-order chi connectivity index (χ1) is 7.78. The lowest BCUT2D eigenvalue weighted by Gasteiger charge is -2.13. The van der Waals surface area contributed by atoms with Gasteiger partial charge in [0.1, 0.15) is 9.75 Å². The molecule has 2 rings (SSSR count). The van der Waals surface area contributed by atoms with Gasteiger partial charge in [0.05, 0.1) is 10.0 Å². The van der Waals surface area contributed by atoms with Crippen LogP contribution in [-0.2, 0) is 4.79 Å². The molecule has 1 aliphatic rings. The van der Waals surface area contributed by atoms with Gasteiger partial charge in [-0.05, 0) is 19.1 Å². The van der Waals surface area contributed by atoms with E-state index in [4.69, 9.17) is 51.1 Å². The first-order valence-corrected chi connectivity index (χ1v) is 6.33. The van der Waals surface area contributed by atoms with Crippen LogP contribution >= 0.6 is 46.4 Å². The molecule has 0 saturated heterocycles. The minimum absolute atomic E-state index is 0.137. The van der Waals surface area contributed by atoms with Crippen molar-refractivity contribution in [2.75, 3.05) is 0 Å². The minimum atomic E-state index is -1.07. The molecule has 1 atom stereocenters. The maximum absolute atomic E-state index is 11.9. The first kappa shape index (κ1) is 13.3. The van der Waals surface area contributed by atoms with Crippen LogP contribution in [0.15, 0.2) is 18.2 Å². The van der Waals surface area contributed by atoms with Crippen LogP contribution in [0.3, 0.4) is 0 Å². The SMILES string of the molecule is CC1(C(=O)Oc2c(Cl)cccc2Cl)CC1(Cl)Cl. The van der Waals surface area contributed by atoms with Crippen molar-refractivity contribution in [3.05, 3.63) is 28.2 Å². The Morgan fingerprint density at radius 1 is 1.29 bits per heavy atom. The van der Waals surface area contributed by atoms with E-state index in [0.29, 0.717) is 6.42 Å². The van der Waals surface area contributed by atoms with Gasteiger partial charge in [-0.15, -0.1) is 23.2 Å². The van der Waals surface area contributed by atoms with Crippen molar-refractivity contribution in [2.45, 2.75) is 17.7 Å². The van der Waals surface area contributed by atoms with E-state index in [1.165, 1.54) is 0 Å². The van der Waals surface area contributed by atoms with Crippen molar-refractivity contribution >= 4 is 52.4 Å². The van der Waals surface area contributed by atoms with Gasteiger partial charge in [-0.1, -0.05) is 29.3 Å². The summed E-state index contributed by atoms with van der Waals surface area (Å²) in [5.74, 6) is -0.393. The summed E-state index contributed by atoms with van der Waals surface area (Å²) in [5.41, 5.74) is -0.904. The zero-order valence-corrected chi connectivity index (χ0v) is 11.8. The molecule has 1 saturated carbocycles. The van der Waals surface area contributed by atoms with Gasteiger partial charge < -0.3 is 4.74 Å². The van der Waals surface area contributed by atoms with Gasteiger partial charge in [-0.2, -0.15) is 0 Å². The number of hydrogen-bond acceptors (Lipinski definition) is 2. The lowest BCUT2D eigenvalue weighted by molar-refractivity contribution is -0.139. The van der Waals surface area contributed by atoms with Crippen LogP contribution in [0.25, 0.3) is 0 Å². The predicted molar refractivity (Wildman–Crippen MR) is 69.3 cm³/mol. The van der Waals surface area contributed by atoms with Crippen molar-refractivity contribution in [1.82, 2.24) is 0 Å². The van der Waals surface area contributed by atoms with Gasteiger partial charge in [-0.25, -0.2) is 0 Å². The summed E-state index contributed by atoms with van der Waals surface area (Å²) in [5, 5.41) is 0.537. The molecule has 0 radical (unpaired) electrons. The highest BCUT2D eigenvalue weighted by Gasteiger charge is 2.69. The highest BCUT2D eigenvalue weighted by Crippen LogP contribution is 2.64. The average molecular weight is 314 g/mol. The van der Waals surface area contributed by atoms with Crippen LogP contribution in [0.4, 0.5) is 0 Å². The number of rotatable bonds is 2. The zero-order chi connectivity index (χ0) is 12.8. The van der Waals surface area contributed by atoms with E-state index in [1.54, 1.807) is 25.1 Å². The molecule has 1 aromatic rings. The highest BCUT2D eigenvalue weighted by molar-refractivity contribution is 6.53. The molecule has 17 heavy (non-hydrogen) atoms. The van der Waals surface area contributed by atoms with E-state index in [1.807, 2.05) is 0 Å². The molecule has 0 heterocycles. The standard InChI is InChI=1S/C11H8Cl4O2/c1-10(5-11(10,14)15)9(16)17-8-6(12)3-2-4-7(8)13/h2-4H,5H2,1H3. The van der Waals surface area contributed by atoms with E-state index in [-0.39, 0.29) is 15.8 Å². The van der Waals surface area contributed by atoms with Crippen LogP contribution in [-0.4, -0.2) is 10.3 Å². The normalized spacial score (nSPS) is 25.5. The van der Waals surface area contributed by atoms with Crippen molar-refractivity contribution in [3.63, 3.8) is 0 Å². The molecule has 1 aliphatic carbocycles. The maximum Gasteiger partial charge on any atom is 0.320 e. The van der Waals surface area contributed by atoms with Crippen LogP contribution in [0.1, 0.15) is 13.3 Å². The van der Waals surface area contributed by atoms with Gasteiger partial charge in [0.25, 0.3) is 0 Å². The first-order valence-electron chi connectivity index (χ1n) is 4.82. The number of alkyl halides is 2. The molecule has 0 aromatic heterocycles. The van der Waals surface area contributed by atoms with Crippen molar-refractivity contribution in [1.29, 1.82) is 0 Å². The van der Waals surface area contributed by atoms with Crippen molar-refractivity contribution in [2.24, 2.45) is 5.41 Å². The van der Waals surface area contributed by atoms with E-state index >= 15 is 0 Å². The van der Waals surface area contributed by atoms with Crippen molar-refractivity contribution < 1.29 is 9.53 Å². The van der Waals surface area contributed by atoms with Crippen molar-refractivity contribution in [3.8, 4) is 5.75 Å². The van der Waals surface area contributed by atoms with Gasteiger partial charge in [0, 0.05) is 6.42 Å². The number of halogens is 4.